The number of ether oxygens (including phenoxy) is 1. The Morgan fingerprint density at radius 1 is 1.32 bits per heavy atom. The number of nitrogens with two attached hydrogens (primary N) is 1. The van der Waals surface area contributed by atoms with E-state index in [4.69, 9.17) is 10.5 Å². The Bertz CT molecular complexity index is 762. The maximum Gasteiger partial charge on any atom is 0.168 e. The minimum atomic E-state index is -1.21. The lowest BCUT2D eigenvalue weighted by Crippen LogP contribution is -2.33. The Morgan fingerprint density at radius 3 is 2.80 bits per heavy atom. The third kappa shape index (κ3) is 3.36. The third-order valence-electron chi connectivity index (χ3n) is 4.25. The van der Waals surface area contributed by atoms with Gasteiger partial charge in [0, 0.05) is 0 Å². The van der Waals surface area contributed by atoms with Crippen LogP contribution in [0, 0.1) is 0 Å². The van der Waals surface area contributed by atoms with E-state index in [-0.39, 0.29) is 5.82 Å². The average Bonchev–Trinajstić information content (AvgIpc) is 3.14. The minimum absolute atomic E-state index is 0.227. The summed E-state index contributed by atoms with van der Waals surface area (Å²) in [5.74, 6) is 0.667. The molecule has 0 aliphatic carbocycles. The van der Waals surface area contributed by atoms with Gasteiger partial charge >= 0.3 is 0 Å². The summed E-state index contributed by atoms with van der Waals surface area (Å²) in [4.78, 5) is 12.8. The van der Waals surface area contributed by atoms with Gasteiger partial charge < -0.3 is 25.8 Å². The van der Waals surface area contributed by atoms with E-state index in [1.165, 1.54) is 10.9 Å². The molecule has 5 N–H and O–H groups in total. The lowest BCUT2D eigenvalue weighted by atomic mass is 10.1. The number of fused-ring (bicyclic) bond motifs is 1. The quantitative estimate of drug-likeness (QED) is 0.543. The molecule has 1 fully saturated rings. The summed E-state index contributed by atoms with van der Waals surface area (Å²) in [7, 11) is 0. The first-order chi connectivity index (χ1) is 12.1. The molecule has 0 bridgehead atoms. The summed E-state index contributed by atoms with van der Waals surface area (Å²) in [5.41, 5.74) is 6.75. The highest BCUT2D eigenvalue weighted by molar-refractivity contribution is 5.82. The summed E-state index contributed by atoms with van der Waals surface area (Å²) in [6, 6.07) is 0. The Kier molecular flexibility index (Phi) is 5.28. The van der Waals surface area contributed by atoms with Gasteiger partial charge in [-0.25, -0.2) is 15.0 Å². The summed E-state index contributed by atoms with van der Waals surface area (Å²) in [6.07, 6.45) is 4.12. The molecule has 0 radical (unpaired) electrons. The van der Waals surface area contributed by atoms with Crippen molar-refractivity contribution in [3.8, 4) is 0 Å². The molecule has 0 amide bonds. The van der Waals surface area contributed by atoms with Crippen LogP contribution in [0.3, 0.4) is 0 Å². The fourth-order valence-corrected chi connectivity index (χ4v) is 2.84. The van der Waals surface area contributed by atoms with Crippen molar-refractivity contribution in [1.29, 1.82) is 0 Å². The highest BCUT2D eigenvalue weighted by Gasteiger charge is 2.44. The summed E-state index contributed by atoms with van der Waals surface area (Å²) >= 11 is 0. The molecular formula is C16H23N5O4. The van der Waals surface area contributed by atoms with Crippen LogP contribution in [0.5, 0.6) is 0 Å². The van der Waals surface area contributed by atoms with Gasteiger partial charge in [-0.15, -0.1) is 0 Å². The molecule has 0 spiro atoms. The second-order valence-corrected chi connectivity index (χ2v) is 6.06. The Morgan fingerprint density at radius 2 is 2.12 bits per heavy atom. The standard InChI is InChI=1S/C16H23N5O4/c1-2-3-4-5-6-10-19-14(17)11-15(20-10)21(8-18-11)16-13(24)12(23)9(7-22)25-16/h5-6,8-9,12-13,16,22-24H,2-4,7H2,1H3,(H2,17,19,20)/b6-5-. The molecule has 1 saturated heterocycles. The molecule has 2 aromatic rings. The Hall–Kier alpha value is -2.07. The highest BCUT2D eigenvalue weighted by atomic mass is 16.6. The fraction of sp³-hybridized carbons (Fsp3) is 0.562. The van der Waals surface area contributed by atoms with Crippen molar-refractivity contribution < 1.29 is 20.1 Å². The normalized spacial score (nSPS) is 26.9. The van der Waals surface area contributed by atoms with E-state index < -0.39 is 31.1 Å². The van der Waals surface area contributed by atoms with Crippen molar-refractivity contribution >= 4 is 23.1 Å². The van der Waals surface area contributed by atoms with Gasteiger partial charge in [0.15, 0.2) is 23.5 Å². The predicted molar refractivity (Wildman–Crippen MR) is 91.3 cm³/mol. The minimum Gasteiger partial charge on any atom is -0.394 e. The Labute approximate surface area is 144 Å². The van der Waals surface area contributed by atoms with Crippen molar-refractivity contribution in [1.82, 2.24) is 19.5 Å². The maximum absolute atomic E-state index is 10.2. The Balaban J connectivity index is 1.94. The molecule has 25 heavy (non-hydrogen) atoms. The number of allylic oxidation sites excluding steroid dienone is 1. The molecule has 9 nitrogen and oxygen atoms in total. The van der Waals surface area contributed by atoms with E-state index in [1.54, 1.807) is 6.08 Å². The van der Waals surface area contributed by atoms with Crippen LogP contribution in [0.25, 0.3) is 17.2 Å². The van der Waals surface area contributed by atoms with Crippen LogP contribution in [0.1, 0.15) is 38.2 Å². The number of rotatable bonds is 6. The van der Waals surface area contributed by atoms with Gasteiger partial charge in [0.1, 0.15) is 23.8 Å². The van der Waals surface area contributed by atoms with E-state index in [9.17, 15) is 15.3 Å². The van der Waals surface area contributed by atoms with Crippen molar-refractivity contribution in [3.05, 3.63) is 18.2 Å². The van der Waals surface area contributed by atoms with Crippen LogP contribution in [0.4, 0.5) is 5.82 Å². The van der Waals surface area contributed by atoms with Crippen molar-refractivity contribution in [2.45, 2.75) is 50.7 Å². The van der Waals surface area contributed by atoms with Crippen LogP contribution < -0.4 is 5.73 Å². The van der Waals surface area contributed by atoms with E-state index in [1.807, 2.05) is 6.08 Å². The SMILES string of the molecule is CCCC/C=C\c1nc(N)c2ncn(C3OC(CO)C(O)C3O)c2n1. The lowest BCUT2D eigenvalue weighted by Gasteiger charge is -2.16. The zero-order chi connectivity index (χ0) is 18.0. The fourth-order valence-electron chi connectivity index (χ4n) is 2.84. The van der Waals surface area contributed by atoms with Gasteiger partial charge in [0.05, 0.1) is 12.9 Å². The van der Waals surface area contributed by atoms with Crippen molar-refractivity contribution in [2.75, 3.05) is 12.3 Å². The summed E-state index contributed by atoms with van der Waals surface area (Å²) < 4.78 is 7.03. The zero-order valence-electron chi connectivity index (χ0n) is 14.0. The number of aliphatic hydroxyl groups is 3. The first kappa shape index (κ1) is 17.7. The first-order valence-corrected chi connectivity index (χ1v) is 8.35. The van der Waals surface area contributed by atoms with E-state index in [0.29, 0.717) is 17.0 Å². The van der Waals surface area contributed by atoms with Gasteiger partial charge in [-0.3, -0.25) is 4.57 Å². The van der Waals surface area contributed by atoms with Gasteiger partial charge in [0.25, 0.3) is 0 Å². The zero-order valence-corrected chi connectivity index (χ0v) is 14.0. The molecule has 9 heteroatoms. The molecule has 4 atom stereocenters. The molecule has 3 rings (SSSR count). The number of anilines is 1. The number of nitrogen functional groups attached to an aromatic ring is 1. The molecule has 2 aromatic heterocycles. The van der Waals surface area contributed by atoms with Crippen molar-refractivity contribution in [2.24, 2.45) is 0 Å². The predicted octanol–water partition coefficient (Wildman–Crippen LogP) is 0.223. The lowest BCUT2D eigenvalue weighted by molar-refractivity contribution is -0.0511. The van der Waals surface area contributed by atoms with E-state index in [2.05, 4.69) is 21.9 Å². The average molecular weight is 349 g/mol. The van der Waals surface area contributed by atoms with Crippen LogP contribution >= 0.6 is 0 Å². The third-order valence-corrected chi connectivity index (χ3v) is 4.25. The monoisotopic (exact) mass is 349 g/mol. The van der Waals surface area contributed by atoms with Crippen LogP contribution in [0.2, 0.25) is 0 Å². The molecule has 3 heterocycles. The number of nitrogens with zero attached hydrogens (tertiary/aromatic N) is 4. The molecule has 0 saturated carbocycles. The van der Waals surface area contributed by atoms with Crippen LogP contribution in [-0.4, -0.2) is 59.8 Å². The van der Waals surface area contributed by atoms with Gasteiger partial charge in [0.2, 0.25) is 0 Å². The number of hydrogen-bond donors (Lipinski definition) is 4. The first-order valence-electron chi connectivity index (χ1n) is 8.35. The second kappa shape index (κ2) is 7.44. The van der Waals surface area contributed by atoms with Crippen LogP contribution in [-0.2, 0) is 4.74 Å². The smallest absolute Gasteiger partial charge is 0.168 e. The maximum atomic E-state index is 10.2. The highest BCUT2D eigenvalue weighted by Crippen LogP contribution is 2.32. The molecule has 136 valence electrons. The largest absolute Gasteiger partial charge is 0.394 e. The second-order valence-electron chi connectivity index (χ2n) is 6.06. The molecule has 0 aromatic carbocycles. The van der Waals surface area contributed by atoms with Crippen molar-refractivity contribution in [3.63, 3.8) is 0 Å². The summed E-state index contributed by atoms with van der Waals surface area (Å²) in [6.45, 7) is 1.72. The number of aliphatic hydroxyl groups excluding tert-OH is 3. The van der Waals surface area contributed by atoms with Gasteiger partial charge in [-0.05, 0) is 12.5 Å². The molecular weight excluding hydrogens is 326 g/mol. The number of hydrogen-bond acceptors (Lipinski definition) is 8. The molecule has 1 aliphatic heterocycles. The number of aromatic nitrogens is 4. The molecule has 4 unspecified atom stereocenters. The van der Waals surface area contributed by atoms with E-state index >= 15 is 0 Å². The number of imidazole rings is 1. The van der Waals surface area contributed by atoms with Crippen LogP contribution in [0.15, 0.2) is 12.4 Å². The van der Waals surface area contributed by atoms with Gasteiger partial charge in [-0.2, -0.15) is 0 Å². The topological polar surface area (TPSA) is 140 Å². The number of unbranched alkanes of at least 4 members (excludes halogenated alkanes) is 2. The van der Waals surface area contributed by atoms with E-state index in [0.717, 1.165) is 19.3 Å². The molecule has 1 aliphatic rings. The van der Waals surface area contributed by atoms with Gasteiger partial charge in [-0.1, -0.05) is 25.8 Å². The summed E-state index contributed by atoms with van der Waals surface area (Å²) in [5, 5.41) is 29.4.